The summed E-state index contributed by atoms with van der Waals surface area (Å²) in [6.45, 7) is 10.4. The van der Waals surface area contributed by atoms with Crippen LogP contribution in [0, 0.1) is 23.2 Å². The van der Waals surface area contributed by atoms with Crippen molar-refractivity contribution in [2.24, 2.45) is 11.8 Å². The van der Waals surface area contributed by atoms with Crippen molar-refractivity contribution in [3.8, 4) is 6.07 Å². The van der Waals surface area contributed by atoms with Gasteiger partial charge in [0.15, 0.2) is 0 Å². The van der Waals surface area contributed by atoms with Gasteiger partial charge in [0.2, 0.25) is 0 Å². The number of carbonyl (C=O) groups excluding carboxylic acids is 1. The van der Waals surface area contributed by atoms with E-state index in [1.165, 1.54) is 0 Å². The topological polar surface area (TPSA) is 44.1 Å². The molecule has 16 heavy (non-hydrogen) atoms. The van der Waals surface area contributed by atoms with Gasteiger partial charge >= 0.3 is 0 Å². The zero-order valence-corrected chi connectivity index (χ0v) is 11.0. The molecule has 0 N–H and O–H groups in total. The van der Waals surface area contributed by atoms with Gasteiger partial charge in [0, 0.05) is 25.4 Å². The van der Waals surface area contributed by atoms with Crippen LogP contribution in [0.4, 0.5) is 0 Å². The zero-order valence-electron chi connectivity index (χ0n) is 11.0. The molecule has 0 fully saturated rings. The third-order valence-electron chi connectivity index (χ3n) is 2.70. The fourth-order valence-electron chi connectivity index (χ4n) is 1.56. The lowest BCUT2D eigenvalue weighted by Crippen LogP contribution is -2.35. The molecule has 0 aromatic rings. The first-order valence-corrected chi connectivity index (χ1v) is 6.13. The summed E-state index contributed by atoms with van der Waals surface area (Å²) in [6, 6.07) is 2.13. The van der Waals surface area contributed by atoms with Crippen molar-refractivity contribution in [1.29, 1.82) is 5.26 Å². The molecule has 0 rings (SSSR count). The van der Waals surface area contributed by atoms with E-state index in [-0.39, 0.29) is 5.92 Å². The van der Waals surface area contributed by atoms with Crippen LogP contribution in [-0.2, 0) is 4.79 Å². The molecule has 0 saturated heterocycles. The van der Waals surface area contributed by atoms with E-state index in [1.807, 2.05) is 13.8 Å². The zero-order chi connectivity index (χ0) is 12.6. The molecule has 0 radical (unpaired) electrons. The lowest BCUT2D eigenvalue weighted by Gasteiger charge is -2.23. The molecule has 3 heteroatoms. The number of nitriles is 1. The highest BCUT2D eigenvalue weighted by Crippen LogP contribution is 2.06. The summed E-state index contributed by atoms with van der Waals surface area (Å²) in [6.07, 6.45) is 1.40. The van der Waals surface area contributed by atoms with E-state index in [0.29, 0.717) is 31.2 Å². The molecular weight excluding hydrogens is 200 g/mol. The highest BCUT2D eigenvalue weighted by Gasteiger charge is 2.16. The maximum Gasteiger partial charge on any atom is 0.149 e. The van der Waals surface area contributed by atoms with Gasteiger partial charge in [0.1, 0.15) is 5.78 Å². The second-order valence-electron chi connectivity index (χ2n) is 4.81. The fraction of sp³-hybridized carbons (Fsp3) is 0.846. The molecule has 0 spiro atoms. The van der Waals surface area contributed by atoms with Crippen molar-refractivity contribution < 1.29 is 4.79 Å². The molecule has 0 saturated carbocycles. The first-order chi connectivity index (χ1) is 7.51. The van der Waals surface area contributed by atoms with Gasteiger partial charge in [-0.25, -0.2) is 0 Å². The van der Waals surface area contributed by atoms with Crippen molar-refractivity contribution in [2.45, 2.75) is 40.5 Å². The van der Waals surface area contributed by atoms with Crippen molar-refractivity contribution >= 4 is 5.78 Å². The van der Waals surface area contributed by atoms with Crippen molar-refractivity contribution in [1.82, 2.24) is 4.90 Å². The maximum absolute atomic E-state index is 11.8. The minimum Gasteiger partial charge on any atom is -0.298 e. The molecule has 1 unspecified atom stereocenters. The molecular formula is C13H24N2O. The highest BCUT2D eigenvalue weighted by atomic mass is 16.1. The lowest BCUT2D eigenvalue weighted by atomic mass is 10.0. The maximum atomic E-state index is 11.8. The highest BCUT2D eigenvalue weighted by molar-refractivity contribution is 5.82. The van der Waals surface area contributed by atoms with Crippen LogP contribution < -0.4 is 0 Å². The summed E-state index contributed by atoms with van der Waals surface area (Å²) < 4.78 is 0. The summed E-state index contributed by atoms with van der Waals surface area (Å²) in [4.78, 5) is 13.9. The molecule has 1 atom stereocenters. The Kier molecular flexibility index (Phi) is 7.84. The van der Waals surface area contributed by atoms with E-state index in [0.717, 1.165) is 13.0 Å². The molecule has 0 aromatic carbocycles. The third-order valence-corrected chi connectivity index (χ3v) is 2.70. The second kappa shape index (κ2) is 8.29. The molecule has 0 aliphatic carbocycles. The number of nitrogens with zero attached hydrogens (tertiary/aromatic N) is 2. The van der Waals surface area contributed by atoms with Crippen LogP contribution in [0.15, 0.2) is 0 Å². The van der Waals surface area contributed by atoms with Gasteiger partial charge in [-0.15, -0.1) is 0 Å². The fourth-order valence-corrected chi connectivity index (χ4v) is 1.56. The Morgan fingerprint density at radius 2 is 2.00 bits per heavy atom. The Balaban J connectivity index is 4.19. The lowest BCUT2D eigenvalue weighted by molar-refractivity contribution is -0.123. The van der Waals surface area contributed by atoms with Crippen LogP contribution in [-0.4, -0.2) is 30.3 Å². The monoisotopic (exact) mass is 224 g/mol. The van der Waals surface area contributed by atoms with E-state index in [1.54, 1.807) is 0 Å². The molecule has 0 aliphatic heterocycles. The number of hydrogen-bond acceptors (Lipinski definition) is 3. The smallest absolute Gasteiger partial charge is 0.149 e. The van der Waals surface area contributed by atoms with Crippen LogP contribution in [0.25, 0.3) is 0 Å². The average molecular weight is 224 g/mol. The predicted molar refractivity (Wildman–Crippen MR) is 66.0 cm³/mol. The number of rotatable bonds is 8. The van der Waals surface area contributed by atoms with Crippen molar-refractivity contribution in [2.75, 3.05) is 19.6 Å². The summed E-state index contributed by atoms with van der Waals surface area (Å²) >= 11 is 0. The van der Waals surface area contributed by atoms with Crippen molar-refractivity contribution in [3.63, 3.8) is 0 Å². The molecule has 3 nitrogen and oxygen atoms in total. The Bertz CT molecular complexity index is 243. The van der Waals surface area contributed by atoms with Crippen molar-refractivity contribution in [3.05, 3.63) is 0 Å². The quantitative estimate of drug-likeness (QED) is 0.636. The van der Waals surface area contributed by atoms with Crippen LogP contribution in [0.2, 0.25) is 0 Å². The van der Waals surface area contributed by atoms with Gasteiger partial charge in [-0.05, 0) is 12.3 Å². The Labute approximate surface area is 99.4 Å². The van der Waals surface area contributed by atoms with E-state index in [9.17, 15) is 4.79 Å². The second-order valence-corrected chi connectivity index (χ2v) is 4.81. The minimum atomic E-state index is 0.136. The Morgan fingerprint density at radius 3 is 2.44 bits per heavy atom. The summed E-state index contributed by atoms with van der Waals surface area (Å²) in [5.41, 5.74) is 0. The standard InChI is InChI=1S/C13H24N2O/c1-5-12(4)13(16)10-15(8-6-7-14)9-11(2)3/h11-12H,5-6,8-10H2,1-4H3. The largest absolute Gasteiger partial charge is 0.298 e. The third kappa shape index (κ3) is 6.58. The van der Waals surface area contributed by atoms with Gasteiger partial charge in [0.25, 0.3) is 0 Å². The average Bonchev–Trinajstić information content (AvgIpc) is 2.23. The van der Waals surface area contributed by atoms with Gasteiger partial charge in [-0.1, -0.05) is 27.7 Å². The first kappa shape index (κ1) is 15.1. The molecule has 0 aliphatic rings. The van der Waals surface area contributed by atoms with Crippen LogP contribution in [0.5, 0.6) is 0 Å². The Morgan fingerprint density at radius 1 is 1.38 bits per heavy atom. The van der Waals surface area contributed by atoms with E-state index in [2.05, 4.69) is 24.8 Å². The number of carbonyl (C=O) groups is 1. The van der Waals surface area contributed by atoms with Crippen LogP contribution in [0.3, 0.4) is 0 Å². The first-order valence-electron chi connectivity index (χ1n) is 6.13. The SMILES string of the molecule is CCC(C)C(=O)CN(CCC#N)CC(C)C. The van der Waals surface area contributed by atoms with E-state index < -0.39 is 0 Å². The molecule has 92 valence electrons. The van der Waals surface area contributed by atoms with Gasteiger partial charge < -0.3 is 0 Å². The molecule has 0 amide bonds. The number of Topliss-reactive ketones (excluding diaryl/α,β-unsaturated/α-hetero) is 1. The van der Waals surface area contributed by atoms with Crippen LogP contribution >= 0.6 is 0 Å². The minimum absolute atomic E-state index is 0.136. The Hall–Kier alpha value is -0.880. The number of hydrogen-bond donors (Lipinski definition) is 0. The summed E-state index contributed by atoms with van der Waals surface area (Å²) in [5.74, 6) is 0.960. The van der Waals surface area contributed by atoms with Gasteiger partial charge in [-0.2, -0.15) is 5.26 Å². The normalized spacial score (nSPS) is 12.8. The van der Waals surface area contributed by atoms with Crippen LogP contribution in [0.1, 0.15) is 40.5 Å². The van der Waals surface area contributed by atoms with Gasteiger partial charge in [-0.3, -0.25) is 9.69 Å². The van der Waals surface area contributed by atoms with Gasteiger partial charge in [0.05, 0.1) is 12.6 Å². The predicted octanol–water partition coefficient (Wildman–Crippen LogP) is 2.47. The molecule has 0 heterocycles. The number of ketones is 1. The van der Waals surface area contributed by atoms with E-state index in [4.69, 9.17) is 5.26 Å². The molecule has 0 bridgehead atoms. The summed E-state index contributed by atoms with van der Waals surface area (Å²) in [5, 5.41) is 8.58. The molecule has 0 aromatic heterocycles. The summed E-state index contributed by atoms with van der Waals surface area (Å²) in [7, 11) is 0. The van der Waals surface area contributed by atoms with E-state index >= 15 is 0 Å².